The van der Waals surface area contributed by atoms with Crippen molar-refractivity contribution in [2.45, 2.75) is 66.4 Å². The number of carbonyl (C=O) groups is 3. The van der Waals surface area contributed by atoms with Crippen molar-refractivity contribution in [3.63, 3.8) is 0 Å². The van der Waals surface area contributed by atoms with Crippen LogP contribution in [0.3, 0.4) is 0 Å². The number of nitro benzene ring substituents is 1. The number of nitrogens with zero attached hydrogens (tertiary/aromatic N) is 3. The van der Waals surface area contributed by atoms with Gasteiger partial charge in [0.25, 0.3) is 5.69 Å². The average Bonchev–Trinajstić information content (AvgIpc) is 3.15. The zero-order valence-electron chi connectivity index (χ0n) is 26.4. The van der Waals surface area contributed by atoms with Crippen LogP contribution in [0.15, 0.2) is 46.8 Å². The molecular weight excluding hydrogens is 556 g/mol. The van der Waals surface area contributed by atoms with E-state index in [2.05, 4.69) is 10.2 Å². The van der Waals surface area contributed by atoms with Gasteiger partial charge in [0.05, 0.1) is 35.7 Å². The van der Waals surface area contributed by atoms with Crippen molar-refractivity contribution >= 4 is 23.7 Å². The molecule has 0 saturated carbocycles. The van der Waals surface area contributed by atoms with Gasteiger partial charge in [-0.3, -0.25) is 10.1 Å². The summed E-state index contributed by atoms with van der Waals surface area (Å²) in [6.45, 7) is 16.2. The number of nitrogens with one attached hydrogen (secondary N) is 1. The first-order valence-corrected chi connectivity index (χ1v) is 14.4. The molecule has 1 aromatic carbocycles. The highest BCUT2D eigenvalue weighted by molar-refractivity contribution is 5.99. The van der Waals surface area contributed by atoms with E-state index in [0.29, 0.717) is 43.1 Å². The molecule has 0 aliphatic carbocycles. The van der Waals surface area contributed by atoms with Gasteiger partial charge in [-0.05, 0) is 53.1 Å². The second-order valence-corrected chi connectivity index (χ2v) is 12.8. The van der Waals surface area contributed by atoms with Crippen molar-refractivity contribution in [1.29, 1.82) is 0 Å². The number of hydrogen-bond acceptors (Lipinski definition) is 10. The summed E-state index contributed by atoms with van der Waals surface area (Å²) in [5.74, 6) is -2.20. The van der Waals surface area contributed by atoms with Gasteiger partial charge in [-0.1, -0.05) is 26.0 Å². The number of esters is 2. The topological polar surface area (TPSA) is 141 Å². The molecule has 12 heteroatoms. The first-order valence-electron chi connectivity index (χ1n) is 14.4. The van der Waals surface area contributed by atoms with Crippen molar-refractivity contribution in [3.05, 3.63) is 62.5 Å². The van der Waals surface area contributed by atoms with E-state index in [4.69, 9.17) is 14.2 Å². The number of carbonyl (C=O) groups excluding carboxylic acids is 3. The lowest BCUT2D eigenvalue weighted by atomic mass is 9.80. The molecule has 12 nitrogen and oxygen atoms in total. The van der Waals surface area contributed by atoms with Gasteiger partial charge in [-0.15, -0.1) is 0 Å². The summed E-state index contributed by atoms with van der Waals surface area (Å²) in [5.41, 5.74) is 0.581. The smallest absolute Gasteiger partial charge is 0.410 e. The van der Waals surface area contributed by atoms with Crippen LogP contribution in [0.2, 0.25) is 0 Å². The van der Waals surface area contributed by atoms with Crippen molar-refractivity contribution in [2.24, 2.45) is 5.41 Å². The van der Waals surface area contributed by atoms with E-state index in [9.17, 15) is 24.5 Å². The minimum Gasteiger partial charge on any atom is -0.466 e. The van der Waals surface area contributed by atoms with E-state index >= 15 is 0 Å². The van der Waals surface area contributed by atoms with Crippen LogP contribution in [0.4, 0.5) is 10.5 Å². The number of benzene rings is 1. The number of ether oxygens (including phenoxy) is 3. The normalized spacial score (nSPS) is 18.5. The fraction of sp³-hybridized carbons (Fsp3) is 0.581. The lowest BCUT2D eigenvalue weighted by Crippen LogP contribution is -2.41. The third-order valence-corrected chi connectivity index (χ3v) is 7.29. The van der Waals surface area contributed by atoms with Gasteiger partial charge in [0.15, 0.2) is 0 Å². The Morgan fingerprint density at radius 2 is 1.65 bits per heavy atom. The fourth-order valence-corrected chi connectivity index (χ4v) is 5.42. The number of allylic oxidation sites excluding steroid dienone is 2. The molecule has 1 amide bonds. The molecule has 0 bridgehead atoms. The number of nitro groups is 1. The highest BCUT2D eigenvalue weighted by atomic mass is 16.6. The summed E-state index contributed by atoms with van der Waals surface area (Å²) in [5, 5.41) is 14.6. The Morgan fingerprint density at radius 3 is 2.26 bits per heavy atom. The highest BCUT2D eigenvalue weighted by Crippen LogP contribution is 2.40. The van der Waals surface area contributed by atoms with Gasteiger partial charge in [-0.25, -0.2) is 14.4 Å². The van der Waals surface area contributed by atoms with Gasteiger partial charge in [-0.2, -0.15) is 0 Å². The largest absolute Gasteiger partial charge is 0.466 e. The number of dihydropyridines is 1. The van der Waals surface area contributed by atoms with Gasteiger partial charge in [0, 0.05) is 55.1 Å². The van der Waals surface area contributed by atoms with E-state index in [1.54, 1.807) is 24.8 Å². The van der Waals surface area contributed by atoms with Gasteiger partial charge in [0.1, 0.15) is 5.60 Å². The lowest BCUT2D eigenvalue weighted by molar-refractivity contribution is -0.384. The van der Waals surface area contributed by atoms with E-state index in [1.807, 2.05) is 34.6 Å². The maximum absolute atomic E-state index is 13.7. The SMILES string of the molecule is COC(=O)C1=C(C)NC(C)=C(C(=O)OCC(C)(C)CN2CCCN(C(=O)OC(C)(C)C)CC2)C1c1cccc([N+](=O)[O-])c1. The Bertz CT molecular complexity index is 1310. The van der Waals surface area contributed by atoms with Crippen molar-refractivity contribution in [3.8, 4) is 0 Å². The summed E-state index contributed by atoms with van der Waals surface area (Å²) >= 11 is 0. The Kier molecular flexibility index (Phi) is 10.6. The summed E-state index contributed by atoms with van der Waals surface area (Å²) in [6.07, 6.45) is 0.473. The zero-order valence-corrected chi connectivity index (χ0v) is 26.4. The van der Waals surface area contributed by atoms with Crippen LogP contribution in [0.25, 0.3) is 0 Å². The zero-order chi connectivity index (χ0) is 32.1. The summed E-state index contributed by atoms with van der Waals surface area (Å²) in [4.78, 5) is 54.1. The molecule has 1 fully saturated rings. The summed E-state index contributed by atoms with van der Waals surface area (Å²) in [7, 11) is 1.24. The van der Waals surface area contributed by atoms with Crippen molar-refractivity contribution in [2.75, 3.05) is 46.4 Å². The molecule has 2 aliphatic rings. The number of non-ortho nitro benzene ring substituents is 1. The minimum atomic E-state index is -0.923. The van der Waals surface area contributed by atoms with Gasteiger partial charge >= 0.3 is 18.0 Å². The minimum absolute atomic E-state index is 0.0901. The molecular formula is C31H44N4O8. The number of methoxy groups -OCH3 is 1. The molecule has 0 spiro atoms. The van der Waals surface area contributed by atoms with Crippen LogP contribution >= 0.6 is 0 Å². The molecule has 1 atom stereocenters. The highest BCUT2D eigenvalue weighted by Gasteiger charge is 2.39. The molecule has 1 N–H and O–H groups in total. The third kappa shape index (κ3) is 8.79. The Morgan fingerprint density at radius 1 is 1.00 bits per heavy atom. The van der Waals surface area contributed by atoms with E-state index in [0.717, 1.165) is 13.0 Å². The lowest BCUT2D eigenvalue weighted by Gasteiger charge is -2.33. The standard InChI is InChI=1S/C31H44N4O8/c1-20-24(27(36)41-8)26(22-11-9-12-23(17-22)35(39)40)25(21(2)32-20)28(37)42-19-31(6,7)18-33-13-10-14-34(16-15-33)29(38)43-30(3,4)5/h9,11-12,17,26,32H,10,13-16,18-19H2,1-8H3. The molecule has 3 rings (SSSR count). The van der Waals surface area contributed by atoms with Gasteiger partial charge in [0.2, 0.25) is 0 Å². The first kappa shape index (κ1) is 33.6. The summed E-state index contributed by atoms with van der Waals surface area (Å²) in [6, 6.07) is 5.87. The number of hydrogen-bond donors (Lipinski definition) is 1. The van der Waals surface area contributed by atoms with E-state index in [1.165, 1.54) is 25.3 Å². The van der Waals surface area contributed by atoms with Crippen LogP contribution in [-0.4, -0.2) is 84.8 Å². The summed E-state index contributed by atoms with van der Waals surface area (Å²) < 4.78 is 16.4. The molecule has 1 saturated heterocycles. The quantitative estimate of drug-likeness (QED) is 0.196. The predicted octanol–water partition coefficient (Wildman–Crippen LogP) is 4.51. The monoisotopic (exact) mass is 600 g/mol. The third-order valence-electron chi connectivity index (χ3n) is 7.29. The molecule has 1 aromatic rings. The molecule has 2 aliphatic heterocycles. The van der Waals surface area contributed by atoms with Crippen molar-refractivity contribution in [1.82, 2.24) is 15.1 Å². The van der Waals surface area contributed by atoms with Crippen LogP contribution in [0.5, 0.6) is 0 Å². The van der Waals surface area contributed by atoms with Gasteiger partial charge < -0.3 is 29.3 Å². The Hall–Kier alpha value is -3.93. The molecule has 0 radical (unpaired) electrons. The molecule has 2 heterocycles. The first-order chi connectivity index (χ1) is 20.0. The molecule has 236 valence electrons. The molecule has 1 unspecified atom stereocenters. The number of amides is 1. The fourth-order valence-electron chi connectivity index (χ4n) is 5.42. The molecule has 0 aromatic heterocycles. The van der Waals surface area contributed by atoms with Crippen molar-refractivity contribution < 1.29 is 33.5 Å². The van der Waals surface area contributed by atoms with Crippen LogP contribution < -0.4 is 5.32 Å². The molecule has 43 heavy (non-hydrogen) atoms. The second-order valence-electron chi connectivity index (χ2n) is 12.8. The predicted molar refractivity (Wildman–Crippen MR) is 160 cm³/mol. The second kappa shape index (κ2) is 13.6. The maximum Gasteiger partial charge on any atom is 0.410 e. The Balaban J connectivity index is 1.76. The van der Waals surface area contributed by atoms with E-state index < -0.39 is 33.8 Å². The van der Waals surface area contributed by atoms with Crippen LogP contribution in [-0.2, 0) is 23.8 Å². The van der Waals surface area contributed by atoms with Crippen LogP contribution in [0.1, 0.15) is 66.4 Å². The Labute approximate surface area is 253 Å². The van der Waals surface area contributed by atoms with E-state index in [-0.39, 0.29) is 29.5 Å². The number of rotatable bonds is 8. The average molecular weight is 601 g/mol. The maximum atomic E-state index is 13.7. The van der Waals surface area contributed by atoms with Crippen LogP contribution in [0, 0.1) is 15.5 Å².